The van der Waals surface area contributed by atoms with Crippen LogP contribution in [0.4, 0.5) is 10.5 Å². The van der Waals surface area contributed by atoms with Gasteiger partial charge in [-0.3, -0.25) is 9.59 Å². The third kappa shape index (κ3) is 7.58. The van der Waals surface area contributed by atoms with E-state index in [0.29, 0.717) is 23.4 Å². The number of Topliss-reactive ketones (excluding diaryl/α,β-unsaturated/α-hetero) is 1. The molecular formula is C23H27N3O5. The number of amides is 3. The van der Waals surface area contributed by atoms with E-state index in [1.165, 1.54) is 13.8 Å². The molecule has 164 valence electrons. The van der Waals surface area contributed by atoms with Crippen LogP contribution in [-0.2, 0) is 16.1 Å². The van der Waals surface area contributed by atoms with Gasteiger partial charge in [0, 0.05) is 23.8 Å². The lowest BCUT2D eigenvalue weighted by atomic mass is 10.1. The van der Waals surface area contributed by atoms with Gasteiger partial charge in [-0.25, -0.2) is 9.59 Å². The minimum absolute atomic E-state index is 0.0382. The van der Waals surface area contributed by atoms with E-state index in [-0.39, 0.29) is 17.9 Å². The van der Waals surface area contributed by atoms with Crippen molar-refractivity contribution in [1.82, 2.24) is 10.6 Å². The normalized spacial score (nSPS) is 11.4. The summed E-state index contributed by atoms with van der Waals surface area (Å²) in [6, 6.07) is 12.8. The number of anilines is 1. The van der Waals surface area contributed by atoms with Crippen LogP contribution in [0.15, 0.2) is 48.5 Å². The minimum Gasteiger partial charge on any atom is -0.449 e. The van der Waals surface area contributed by atoms with Crippen LogP contribution in [0.1, 0.15) is 54.0 Å². The fourth-order valence-electron chi connectivity index (χ4n) is 2.57. The second kappa shape index (κ2) is 10.9. The van der Waals surface area contributed by atoms with E-state index in [0.717, 1.165) is 5.56 Å². The molecule has 3 amide bonds. The number of carbonyl (C=O) groups excluding carboxylic acids is 4. The maximum atomic E-state index is 12.3. The Labute approximate surface area is 181 Å². The summed E-state index contributed by atoms with van der Waals surface area (Å²) < 4.78 is 5.23. The van der Waals surface area contributed by atoms with Crippen LogP contribution in [0.25, 0.3) is 0 Å². The van der Waals surface area contributed by atoms with Crippen LogP contribution in [0.2, 0.25) is 0 Å². The number of benzene rings is 2. The molecule has 31 heavy (non-hydrogen) atoms. The zero-order valence-electron chi connectivity index (χ0n) is 18.0. The number of rotatable bonds is 8. The average molecular weight is 425 g/mol. The molecule has 0 aromatic heterocycles. The van der Waals surface area contributed by atoms with Crippen LogP contribution in [0, 0.1) is 0 Å². The molecule has 1 atom stereocenters. The summed E-state index contributed by atoms with van der Waals surface area (Å²) in [5.41, 5.74) is 2.14. The Hall–Kier alpha value is -3.68. The van der Waals surface area contributed by atoms with Gasteiger partial charge < -0.3 is 20.7 Å². The van der Waals surface area contributed by atoms with Gasteiger partial charge in [-0.05, 0) is 69.7 Å². The van der Waals surface area contributed by atoms with Crippen molar-refractivity contribution in [3.05, 3.63) is 65.2 Å². The Kier molecular flexibility index (Phi) is 8.31. The number of urea groups is 1. The van der Waals surface area contributed by atoms with Gasteiger partial charge in [0.1, 0.15) is 0 Å². The van der Waals surface area contributed by atoms with Gasteiger partial charge in [0.25, 0.3) is 5.91 Å². The summed E-state index contributed by atoms with van der Waals surface area (Å²) in [7, 11) is 0. The fraction of sp³-hybridized carbons (Fsp3) is 0.304. The van der Waals surface area contributed by atoms with E-state index < -0.39 is 18.0 Å². The molecule has 0 unspecified atom stereocenters. The molecule has 0 aliphatic carbocycles. The lowest BCUT2D eigenvalue weighted by Crippen LogP contribution is -2.39. The van der Waals surface area contributed by atoms with Gasteiger partial charge in [-0.2, -0.15) is 0 Å². The van der Waals surface area contributed by atoms with E-state index in [9.17, 15) is 19.2 Å². The van der Waals surface area contributed by atoms with Crippen molar-refractivity contribution in [2.45, 2.75) is 46.4 Å². The van der Waals surface area contributed by atoms with Crippen molar-refractivity contribution in [1.29, 1.82) is 0 Å². The van der Waals surface area contributed by atoms with E-state index in [4.69, 9.17) is 4.74 Å². The van der Waals surface area contributed by atoms with Gasteiger partial charge in [0.05, 0.1) is 5.56 Å². The lowest BCUT2D eigenvalue weighted by Gasteiger charge is -2.14. The van der Waals surface area contributed by atoms with Gasteiger partial charge in [-0.1, -0.05) is 12.1 Å². The highest BCUT2D eigenvalue weighted by Crippen LogP contribution is 2.12. The summed E-state index contributed by atoms with van der Waals surface area (Å²) in [4.78, 5) is 47.5. The average Bonchev–Trinajstić information content (AvgIpc) is 2.72. The molecule has 0 radical (unpaired) electrons. The Morgan fingerprint density at radius 2 is 1.45 bits per heavy atom. The smallest absolute Gasteiger partial charge is 0.338 e. The van der Waals surface area contributed by atoms with Crippen LogP contribution in [0.5, 0.6) is 0 Å². The Morgan fingerprint density at radius 3 is 2.00 bits per heavy atom. The molecule has 8 nitrogen and oxygen atoms in total. The molecule has 2 aromatic carbocycles. The number of nitrogens with one attached hydrogen (secondary N) is 3. The van der Waals surface area contributed by atoms with E-state index in [2.05, 4.69) is 16.0 Å². The predicted molar refractivity (Wildman–Crippen MR) is 117 cm³/mol. The van der Waals surface area contributed by atoms with Gasteiger partial charge >= 0.3 is 12.0 Å². The quantitative estimate of drug-likeness (QED) is 0.444. The van der Waals surface area contributed by atoms with Crippen LogP contribution >= 0.6 is 0 Å². The molecule has 8 heteroatoms. The van der Waals surface area contributed by atoms with E-state index >= 15 is 0 Å². The van der Waals surface area contributed by atoms with E-state index in [1.54, 1.807) is 48.5 Å². The van der Waals surface area contributed by atoms with Crippen molar-refractivity contribution >= 4 is 29.4 Å². The highest BCUT2D eigenvalue weighted by Gasteiger charge is 2.19. The Balaban J connectivity index is 1.86. The molecule has 2 rings (SSSR count). The number of ether oxygens (including phenoxy) is 1. The minimum atomic E-state index is -1.01. The Bertz CT molecular complexity index is 937. The fourth-order valence-corrected chi connectivity index (χ4v) is 2.57. The summed E-state index contributed by atoms with van der Waals surface area (Å²) in [5, 5.41) is 8.08. The maximum absolute atomic E-state index is 12.3. The third-order valence-electron chi connectivity index (χ3n) is 4.27. The topological polar surface area (TPSA) is 114 Å². The second-order valence-electron chi connectivity index (χ2n) is 7.35. The zero-order valence-corrected chi connectivity index (χ0v) is 18.0. The molecule has 0 aliphatic rings. The first-order valence-corrected chi connectivity index (χ1v) is 9.92. The summed E-state index contributed by atoms with van der Waals surface area (Å²) in [5.74, 6) is -1.19. The van der Waals surface area contributed by atoms with Crippen molar-refractivity contribution in [3.8, 4) is 0 Å². The summed E-state index contributed by atoms with van der Waals surface area (Å²) in [6.45, 7) is 6.98. The molecule has 0 saturated heterocycles. The molecule has 0 fully saturated rings. The first-order chi connectivity index (χ1) is 14.7. The first-order valence-electron chi connectivity index (χ1n) is 9.92. The largest absolute Gasteiger partial charge is 0.449 e. The molecule has 0 spiro atoms. The Morgan fingerprint density at radius 1 is 0.871 bits per heavy atom. The van der Waals surface area contributed by atoms with Crippen molar-refractivity contribution < 1.29 is 23.9 Å². The van der Waals surface area contributed by atoms with Crippen LogP contribution in [0.3, 0.4) is 0 Å². The summed E-state index contributed by atoms with van der Waals surface area (Å²) >= 11 is 0. The molecule has 2 aromatic rings. The highest BCUT2D eigenvalue weighted by molar-refractivity contribution is 5.98. The van der Waals surface area contributed by atoms with E-state index in [1.807, 2.05) is 13.8 Å². The number of ketones is 1. The first kappa shape index (κ1) is 23.6. The molecule has 0 saturated carbocycles. The molecule has 0 bridgehead atoms. The number of carbonyl (C=O) groups is 4. The second-order valence-corrected chi connectivity index (χ2v) is 7.35. The van der Waals surface area contributed by atoms with Gasteiger partial charge in [-0.15, -0.1) is 0 Å². The molecule has 3 N–H and O–H groups in total. The SMILES string of the molecule is CC(=O)c1ccc(NC(=O)[C@H](C)OC(=O)c2ccc(CNC(=O)NC(C)C)cc2)cc1. The highest BCUT2D eigenvalue weighted by atomic mass is 16.5. The van der Waals surface area contributed by atoms with Crippen LogP contribution in [-0.4, -0.2) is 35.8 Å². The number of esters is 1. The van der Waals surface area contributed by atoms with Crippen LogP contribution < -0.4 is 16.0 Å². The van der Waals surface area contributed by atoms with Crippen molar-refractivity contribution in [3.63, 3.8) is 0 Å². The molecular weight excluding hydrogens is 398 g/mol. The molecule has 0 heterocycles. The van der Waals surface area contributed by atoms with Crippen molar-refractivity contribution in [2.75, 3.05) is 5.32 Å². The standard InChI is InChI=1S/C23H27N3O5/c1-14(2)25-23(30)24-13-17-5-7-19(8-6-17)22(29)31-16(4)21(28)26-20-11-9-18(10-12-20)15(3)27/h5-12,14,16H,13H2,1-4H3,(H,26,28)(H2,24,25,30)/t16-/m0/s1. The van der Waals surface area contributed by atoms with Gasteiger partial charge in [0.2, 0.25) is 0 Å². The lowest BCUT2D eigenvalue weighted by molar-refractivity contribution is -0.123. The monoisotopic (exact) mass is 425 g/mol. The summed E-state index contributed by atoms with van der Waals surface area (Å²) in [6.07, 6.45) is -1.01. The number of hydrogen-bond acceptors (Lipinski definition) is 5. The number of hydrogen-bond donors (Lipinski definition) is 3. The molecule has 0 aliphatic heterocycles. The maximum Gasteiger partial charge on any atom is 0.338 e. The van der Waals surface area contributed by atoms with Crippen molar-refractivity contribution in [2.24, 2.45) is 0 Å². The predicted octanol–water partition coefficient (Wildman–Crippen LogP) is 3.28. The third-order valence-corrected chi connectivity index (χ3v) is 4.27. The zero-order chi connectivity index (χ0) is 23.0. The van der Waals surface area contributed by atoms with Gasteiger partial charge in [0.15, 0.2) is 11.9 Å².